The van der Waals surface area contributed by atoms with E-state index in [1.807, 2.05) is 16.8 Å². The van der Waals surface area contributed by atoms with E-state index in [-0.39, 0.29) is 30.6 Å². The number of nitrogens with zero attached hydrogens (tertiary/aromatic N) is 1. The Labute approximate surface area is 160 Å². The van der Waals surface area contributed by atoms with Gasteiger partial charge in [0.1, 0.15) is 6.61 Å². The molecule has 0 saturated carbocycles. The molecule has 0 spiro atoms. The molecule has 1 aromatic carbocycles. The van der Waals surface area contributed by atoms with Crippen LogP contribution in [0.15, 0.2) is 52.4 Å². The van der Waals surface area contributed by atoms with Crippen LogP contribution < -0.4 is 10.1 Å². The van der Waals surface area contributed by atoms with Crippen molar-refractivity contribution in [3.8, 4) is 5.75 Å². The van der Waals surface area contributed by atoms with Gasteiger partial charge in [-0.25, -0.2) is 14.0 Å². The van der Waals surface area contributed by atoms with Gasteiger partial charge in [0, 0.05) is 7.05 Å². The third kappa shape index (κ3) is 3.95. The summed E-state index contributed by atoms with van der Waals surface area (Å²) in [6.07, 6.45) is 0. The van der Waals surface area contributed by atoms with E-state index in [1.54, 1.807) is 19.1 Å². The molecule has 1 aliphatic rings. The minimum Gasteiger partial charge on any atom is -0.484 e. The number of hydrogen-bond donors (Lipinski definition) is 1. The molecule has 0 unspecified atom stereocenters. The Morgan fingerprint density at radius 1 is 1.33 bits per heavy atom. The molecule has 1 aromatic heterocycles. The SMILES string of the molecule is CCOC(=O)C1=C(COc2ccccc2F)N(C)C(=O)N[C@H]1c1ccsc1. The zero-order chi connectivity index (χ0) is 19.4. The van der Waals surface area contributed by atoms with Crippen LogP contribution in [0.5, 0.6) is 5.75 Å². The van der Waals surface area contributed by atoms with Crippen molar-refractivity contribution in [1.29, 1.82) is 0 Å². The van der Waals surface area contributed by atoms with Gasteiger partial charge in [-0.3, -0.25) is 4.90 Å². The molecule has 3 rings (SSSR count). The standard InChI is InChI=1S/C19H19FN2O4S/c1-3-25-18(23)16-14(10-26-15-7-5-4-6-13(15)20)22(2)19(24)21-17(16)12-8-9-27-11-12/h4-9,11,17H,3,10H2,1-2H3,(H,21,24)/t17-/m0/s1. The molecule has 1 aliphatic heterocycles. The molecule has 1 N–H and O–H groups in total. The van der Waals surface area contributed by atoms with Gasteiger partial charge in [-0.05, 0) is 41.4 Å². The predicted molar refractivity (Wildman–Crippen MR) is 98.9 cm³/mol. The Balaban J connectivity index is 2.01. The summed E-state index contributed by atoms with van der Waals surface area (Å²) in [7, 11) is 1.53. The molecule has 8 heteroatoms. The van der Waals surface area contributed by atoms with Crippen molar-refractivity contribution in [3.63, 3.8) is 0 Å². The first-order chi connectivity index (χ1) is 13.0. The summed E-state index contributed by atoms with van der Waals surface area (Å²) in [5.41, 5.74) is 1.37. The number of thiophene rings is 1. The van der Waals surface area contributed by atoms with E-state index in [9.17, 15) is 14.0 Å². The topological polar surface area (TPSA) is 67.9 Å². The lowest BCUT2D eigenvalue weighted by Crippen LogP contribution is -2.48. The fourth-order valence-electron chi connectivity index (χ4n) is 2.78. The maximum Gasteiger partial charge on any atom is 0.338 e. The Kier molecular flexibility index (Phi) is 5.75. The van der Waals surface area contributed by atoms with E-state index in [2.05, 4.69) is 5.32 Å². The fraction of sp³-hybridized carbons (Fsp3) is 0.263. The largest absolute Gasteiger partial charge is 0.484 e. The number of urea groups is 1. The summed E-state index contributed by atoms with van der Waals surface area (Å²) in [6, 6.07) is 6.75. The third-order valence-electron chi connectivity index (χ3n) is 4.15. The van der Waals surface area contributed by atoms with Crippen LogP contribution in [0, 0.1) is 5.82 Å². The van der Waals surface area contributed by atoms with E-state index in [4.69, 9.17) is 9.47 Å². The number of benzene rings is 1. The molecule has 2 aromatic rings. The van der Waals surface area contributed by atoms with E-state index in [0.717, 1.165) is 5.56 Å². The van der Waals surface area contributed by atoms with Crippen LogP contribution in [0.3, 0.4) is 0 Å². The smallest absolute Gasteiger partial charge is 0.338 e. The Bertz CT molecular complexity index is 866. The average molecular weight is 390 g/mol. The van der Waals surface area contributed by atoms with E-state index in [0.29, 0.717) is 5.70 Å². The van der Waals surface area contributed by atoms with Gasteiger partial charge < -0.3 is 14.8 Å². The highest BCUT2D eigenvalue weighted by molar-refractivity contribution is 7.08. The predicted octanol–water partition coefficient (Wildman–Crippen LogP) is 3.48. The maximum atomic E-state index is 13.9. The molecule has 6 nitrogen and oxygen atoms in total. The molecule has 0 aliphatic carbocycles. The number of rotatable bonds is 6. The number of nitrogens with one attached hydrogen (secondary N) is 1. The van der Waals surface area contributed by atoms with Crippen LogP contribution in [0.2, 0.25) is 0 Å². The summed E-state index contributed by atoms with van der Waals surface area (Å²) in [5, 5.41) is 6.51. The van der Waals surface area contributed by atoms with E-state index < -0.39 is 17.8 Å². The monoisotopic (exact) mass is 390 g/mol. The summed E-state index contributed by atoms with van der Waals surface area (Å²) in [4.78, 5) is 26.4. The highest BCUT2D eigenvalue weighted by Crippen LogP contribution is 2.32. The second-order valence-corrected chi connectivity index (χ2v) is 6.58. The van der Waals surface area contributed by atoms with Gasteiger partial charge in [-0.2, -0.15) is 11.3 Å². The van der Waals surface area contributed by atoms with Gasteiger partial charge in [-0.1, -0.05) is 12.1 Å². The lowest BCUT2D eigenvalue weighted by molar-refractivity contribution is -0.139. The Morgan fingerprint density at radius 3 is 2.78 bits per heavy atom. The number of carbonyl (C=O) groups is 2. The van der Waals surface area contributed by atoms with Crippen molar-refractivity contribution >= 4 is 23.3 Å². The first kappa shape index (κ1) is 18.9. The second kappa shape index (κ2) is 8.22. The summed E-state index contributed by atoms with van der Waals surface area (Å²) >= 11 is 1.46. The van der Waals surface area contributed by atoms with Crippen LogP contribution in [0.1, 0.15) is 18.5 Å². The molecule has 2 heterocycles. The zero-order valence-electron chi connectivity index (χ0n) is 14.9. The van der Waals surface area contributed by atoms with Crippen molar-refractivity contribution in [1.82, 2.24) is 10.2 Å². The van der Waals surface area contributed by atoms with Gasteiger partial charge in [0.2, 0.25) is 0 Å². The number of likely N-dealkylation sites (N-methyl/N-ethyl adjacent to an activating group) is 1. The molecular formula is C19H19FN2O4S. The number of para-hydroxylation sites is 1. The molecule has 0 radical (unpaired) electrons. The van der Waals surface area contributed by atoms with Gasteiger partial charge in [0.15, 0.2) is 11.6 Å². The van der Waals surface area contributed by atoms with E-state index >= 15 is 0 Å². The number of ether oxygens (including phenoxy) is 2. The number of hydrogen-bond acceptors (Lipinski definition) is 5. The van der Waals surface area contributed by atoms with Crippen molar-refractivity contribution in [2.24, 2.45) is 0 Å². The molecule has 0 fully saturated rings. The van der Waals surface area contributed by atoms with Crippen molar-refractivity contribution < 1.29 is 23.5 Å². The van der Waals surface area contributed by atoms with Gasteiger partial charge >= 0.3 is 12.0 Å². The lowest BCUT2D eigenvalue weighted by atomic mass is 9.97. The van der Waals surface area contributed by atoms with Crippen molar-refractivity contribution in [2.75, 3.05) is 20.3 Å². The van der Waals surface area contributed by atoms with Crippen LogP contribution in [0.25, 0.3) is 0 Å². The lowest BCUT2D eigenvalue weighted by Gasteiger charge is -2.34. The quantitative estimate of drug-likeness (QED) is 0.767. The molecule has 142 valence electrons. The van der Waals surface area contributed by atoms with Crippen LogP contribution >= 0.6 is 11.3 Å². The molecule has 27 heavy (non-hydrogen) atoms. The second-order valence-electron chi connectivity index (χ2n) is 5.80. The normalized spacial score (nSPS) is 16.9. The minimum atomic E-state index is -0.654. The summed E-state index contributed by atoms with van der Waals surface area (Å²) < 4.78 is 24.6. The summed E-state index contributed by atoms with van der Waals surface area (Å²) in [5.74, 6) is -1.03. The average Bonchev–Trinajstić information content (AvgIpc) is 3.18. The number of esters is 1. The van der Waals surface area contributed by atoms with Crippen LogP contribution in [-0.4, -0.2) is 37.2 Å². The third-order valence-corrected chi connectivity index (χ3v) is 4.85. The number of halogens is 1. The molecule has 0 saturated heterocycles. The van der Waals surface area contributed by atoms with E-state index in [1.165, 1.54) is 35.4 Å². The van der Waals surface area contributed by atoms with Crippen LogP contribution in [-0.2, 0) is 9.53 Å². The fourth-order valence-corrected chi connectivity index (χ4v) is 3.46. The first-order valence-corrected chi connectivity index (χ1v) is 9.31. The highest BCUT2D eigenvalue weighted by atomic mass is 32.1. The highest BCUT2D eigenvalue weighted by Gasteiger charge is 2.37. The zero-order valence-corrected chi connectivity index (χ0v) is 15.7. The number of amides is 2. The molecule has 0 bridgehead atoms. The Morgan fingerprint density at radius 2 is 2.11 bits per heavy atom. The van der Waals surface area contributed by atoms with Gasteiger partial charge in [0.05, 0.1) is 23.9 Å². The first-order valence-electron chi connectivity index (χ1n) is 8.36. The van der Waals surface area contributed by atoms with Crippen molar-refractivity contribution in [2.45, 2.75) is 13.0 Å². The maximum absolute atomic E-state index is 13.9. The number of carbonyl (C=O) groups excluding carboxylic acids is 2. The van der Waals surface area contributed by atoms with Gasteiger partial charge in [0.25, 0.3) is 0 Å². The van der Waals surface area contributed by atoms with Crippen LogP contribution in [0.4, 0.5) is 9.18 Å². The summed E-state index contributed by atoms with van der Waals surface area (Å²) in [6.45, 7) is 1.75. The van der Waals surface area contributed by atoms with Crippen molar-refractivity contribution in [3.05, 3.63) is 63.7 Å². The molecule has 2 amide bonds. The van der Waals surface area contributed by atoms with Gasteiger partial charge in [-0.15, -0.1) is 0 Å². The minimum absolute atomic E-state index is 0.0414. The Hall–Kier alpha value is -2.87. The molecule has 1 atom stereocenters. The molecular weight excluding hydrogens is 371 g/mol.